The van der Waals surface area contributed by atoms with E-state index >= 15 is 0 Å². The highest BCUT2D eigenvalue weighted by atomic mass is 32.1. The van der Waals surface area contributed by atoms with Crippen molar-refractivity contribution in [3.63, 3.8) is 0 Å². The van der Waals surface area contributed by atoms with Gasteiger partial charge in [0.1, 0.15) is 6.61 Å². The Morgan fingerprint density at radius 3 is 2.54 bits per heavy atom. The molecule has 0 fully saturated rings. The smallest absolute Gasteiger partial charge is 0.261 e. The van der Waals surface area contributed by atoms with E-state index < -0.39 is 35.4 Å². The molecule has 198 valence electrons. The second-order valence-electron chi connectivity index (χ2n) is 9.45. The lowest BCUT2D eigenvalue weighted by molar-refractivity contribution is 0.0629. The molecular weight excluding hydrogens is 526 g/mol. The lowest BCUT2D eigenvalue weighted by Crippen LogP contribution is -2.46. The summed E-state index contributed by atoms with van der Waals surface area (Å²) in [4.78, 5) is 40.9. The average molecular weight is 549 g/mol. The number of hydrogen-bond acceptors (Lipinski definition) is 6. The highest BCUT2D eigenvalue weighted by molar-refractivity contribution is 7.16. The van der Waals surface area contributed by atoms with Crippen molar-refractivity contribution in [1.29, 1.82) is 0 Å². The monoisotopic (exact) mass is 548 g/mol. The number of benzene rings is 2. The van der Waals surface area contributed by atoms with Gasteiger partial charge in [-0.25, -0.2) is 8.78 Å². The summed E-state index contributed by atoms with van der Waals surface area (Å²) in [6, 6.07) is 10.9. The van der Waals surface area contributed by atoms with E-state index in [-0.39, 0.29) is 24.1 Å². The zero-order valence-corrected chi connectivity index (χ0v) is 21.6. The number of hydrogen-bond donors (Lipinski definition) is 1. The first-order chi connectivity index (χ1) is 18.8. The molecule has 0 saturated carbocycles. The fourth-order valence-corrected chi connectivity index (χ4v) is 5.91. The van der Waals surface area contributed by atoms with Crippen LogP contribution in [0.5, 0.6) is 5.06 Å². The lowest BCUT2D eigenvalue weighted by Gasteiger charge is -2.24. The third kappa shape index (κ3) is 4.48. The molecule has 0 radical (unpaired) electrons. The van der Waals surface area contributed by atoms with Crippen molar-refractivity contribution in [3.8, 4) is 16.3 Å². The number of nitrogens with zero attached hydrogens (tertiary/aromatic N) is 3. The van der Waals surface area contributed by atoms with Gasteiger partial charge in [0.15, 0.2) is 16.7 Å². The SMILES string of the molecule is Cc1cnn2c1-c1cc(C(=O)N[C@@H](Cc3ccc(F)c(F)c3)CN3C(=O)c4ccccc4C3=O)sc1OCC2. The summed E-state index contributed by atoms with van der Waals surface area (Å²) < 4.78 is 35.2. The van der Waals surface area contributed by atoms with Crippen LogP contribution in [-0.4, -0.2) is 51.6 Å². The molecule has 11 heteroatoms. The van der Waals surface area contributed by atoms with Crippen LogP contribution in [0.25, 0.3) is 11.3 Å². The van der Waals surface area contributed by atoms with Crippen LogP contribution >= 0.6 is 11.3 Å². The standard InChI is InChI=1S/C28H22F2N4O4S/c1-15-13-31-34-8-9-38-28-20(24(15)34)12-23(39-28)25(35)32-17(10-16-6-7-21(29)22(30)11-16)14-33-26(36)18-4-2-3-5-19(18)27(33)37/h2-7,11-13,17H,8-10,14H2,1H3,(H,32,35)/t17-/m0/s1. The van der Waals surface area contributed by atoms with Crippen LogP contribution in [-0.2, 0) is 13.0 Å². The minimum Gasteiger partial charge on any atom is -0.481 e. The second kappa shape index (κ2) is 9.73. The molecule has 0 bridgehead atoms. The Hall–Kier alpha value is -4.38. The van der Waals surface area contributed by atoms with E-state index in [1.54, 1.807) is 36.5 Å². The minimum absolute atomic E-state index is 0.0593. The Labute approximate surface area is 225 Å². The molecule has 8 nitrogen and oxygen atoms in total. The van der Waals surface area contributed by atoms with Gasteiger partial charge in [0.2, 0.25) is 0 Å². The molecule has 6 rings (SSSR count). The number of aromatic nitrogens is 2. The van der Waals surface area contributed by atoms with Crippen molar-refractivity contribution >= 4 is 29.1 Å². The summed E-state index contributed by atoms with van der Waals surface area (Å²) in [6.07, 6.45) is 1.82. The number of rotatable bonds is 6. The van der Waals surface area contributed by atoms with Crippen LogP contribution in [0, 0.1) is 18.6 Å². The van der Waals surface area contributed by atoms with E-state index in [1.807, 2.05) is 11.6 Å². The third-order valence-electron chi connectivity index (χ3n) is 6.82. The first kappa shape index (κ1) is 24.9. The average Bonchev–Trinajstić information content (AvgIpc) is 3.53. The molecule has 0 spiro atoms. The quantitative estimate of drug-likeness (QED) is 0.364. The van der Waals surface area contributed by atoms with Crippen LogP contribution < -0.4 is 10.1 Å². The van der Waals surface area contributed by atoms with Crippen LogP contribution in [0.2, 0.25) is 0 Å². The minimum atomic E-state index is -1.02. The maximum Gasteiger partial charge on any atom is 0.261 e. The van der Waals surface area contributed by atoms with Gasteiger partial charge in [-0.1, -0.05) is 29.5 Å². The summed E-state index contributed by atoms with van der Waals surface area (Å²) >= 11 is 1.19. The van der Waals surface area contributed by atoms with Crippen LogP contribution in [0.4, 0.5) is 8.78 Å². The number of aryl methyl sites for hydroxylation is 1. The molecule has 2 aliphatic heterocycles. The summed E-state index contributed by atoms with van der Waals surface area (Å²) in [6.45, 7) is 2.78. The van der Waals surface area contributed by atoms with E-state index in [9.17, 15) is 23.2 Å². The van der Waals surface area contributed by atoms with Gasteiger partial charge in [-0.15, -0.1) is 0 Å². The van der Waals surface area contributed by atoms with E-state index in [4.69, 9.17) is 4.74 Å². The molecule has 2 aromatic heterocycles. The van der Waals surface area contributed by atoms with Crippen LogP contribution in [0.3, 0.4) is 0 Å². The molecule has 2 aromatic carbocycles. The predicted octanol–water partition coefficient (Wildman–Crippen LogP) is 4.23. The van der Waals surface area contributed by atoms with E-state index in [0.717, 1.165) is 33.9 Å². The molecule has 4 aromatic rings. The molecule has 39 heavy (non-hydrogen) atoms. The van der Waals surface area contributed by atoms with Crippen LogP contribution in [0.15, 0.2) is 54.7 Å². The third-order valence-corrected chi connectivity index (χ3v) is 7.86. The van der Waals surface area contributed by atoms with Gasteiger partial charge in [-0.3, -0.25) is 24.0 Å². The van der Waals surface area contributed by atoms with Crippen molar-refractivity contribution in [2.75, 3.05) is 13.2 Å². The topological polar surface area (TPSA) is 93.5 Å². The Bertz CT molecular complexity index is 1610. The molecule has 1 atom stereocenters. The Kier molecular flexibility index (Phi) is 6.22. The molecule has 2 aliphatic rings. The fraction of sp³-hybridized carbons (Fsp3) is 0.214. The molecule has 0 aliphatic carbocycles. The number of halogens is 2. The van der Waals surface area contributed by atoms with E-state index in [1.165, 1.54) is 17.4 Å². The van der Waals surface area contributed by atoms with Crippen molar-refractivity contribution in [1.82, 2.24) is 20.0 Å². The van der Waals surface area contributed by atoms with Gasteiger partial charge in [-0.2, -0.15) is 5.10 Å². The number of imide groups is 1. The highest BCUT2D eigenvalue weighted by Gasteiger charge is 2.37. The van der Waals surface area contributed by atoms with Gasteiger partial charge in [0.25, 0.3) is 17.7 Å². The summed E-state index contributed by atoms with van der Waals surface area (Å²) in [5, 5.41) is 7.88. The molecule has 1 N–H and O–H groups in total. The van der Waals surface area contributed by atoms with Gasteiger partial charge in [0, 0.05) is 6.54 Å². The zero-order chi connectivity index (χ0) is 27.3. The van der Waals surface area contributed by atoms with Crippen molar-refractivity contribution in [2.24, 2.45) is 0 Å². The van der Waals surface area contributed by atoms with Gasteiger partial charge in [-0.05, 0) is 54.8 Å². The van der Waals surface area contributed by atoms with Gasteiger partial charge >= 0.3 is 0 Å². The zero-order valence-electron chi connectivity index (χ0n) is 20.7. The highest BCUT2D eigenvalue weighted by Crippen LogP contribution is 2.41. The normalized spacial score (nSPS) is 14.8. The maximum absolute atomic E-state index is 14.0. The van der Waals surface area contributed by atoms with Crippen LogP contribution in [0.1, 0.15) is 41.5 Å². The summed E-state index contributed by atoms with van der Waals surface area (Å²) in [5.41, 5.74) is 3.56. The summed E-state index contributed by atoms with van der Waals surface area (Å²) in [5.74, 6) is -3.40. The first-order valence-corrected chi connectivity index (χ1v) is 13.1. The Morgan fingerprint density at radius 1 is 1.08 bits per heavy atom. The number of amides is 3. The Balaban J connectivity index is 1.29. The van der Waals surface area contributed by atoms with Gasteiger partial charge in [0.05, 0.1) is 46.0 Å². The summed E-state index contributed by atoms with van der Waals surface area (Å²) in [7, 11) is 0. The largest absolute Gasteiger partial charge is 0.481 e. The molecule has 4 heterocycles. The number of nitrogens with one attached hydrogen (secondary N) is 1. The Morgan fingerprint density at radius 2 is 1.82 bits per heavy atom. The van der Waals surface area contributed by atoms with Crippen molar-refractivity contribution in [2.45, 2.75) is 25.9 Å². The lowest BCUT2D eigenvalue weighted by atomic mass is 10.0. The molecule has 3 amide bonds. The second-order valence-corrected chi connectivity index (χ2v) is 10.5. The fourth-order valence-electron chi connectivity index (χ4n) is 4.98. The molecular formula is C28H22F2N4O4S. The number of carbonyl (C=O) groups is 3. The van der Waals surface area contributed by atoms with Gasteiger partial charge < -0.3 is 10.1 Å². The number of thiophene rings is 1. The maximum atomic E-state index is 14.0. The van der Waals surface area contributed by atoms with E-state index in [0.29, 0.717) is 28.7 Å². The predicted molar refractivity (Wildman–Crippen MR) is 139 cm³/mol. The van der Waals surface area contributed by atoms with Crippen molar-refractivity contribution < 1.29 is 27.9 Å². The number of carbonyl (C=O) groups excluding carboxylic acids is 3. The molecule has 0 unspecified atom stereocenters. The molecule has 0 saturated heterocycles. The van der Waals surface area contributed by atoms with E-state index in [2.05, 4.69) is 10.4 Å². The number of ether oxygens (including phenoxy) is 1. The van der Waals surface area contributed by atoms with Crippen molar-refractivity contribution in [3.05, 3.63) is 93.5 Å². The first-order valence-electron chi connectivity index (χ1n) is 12.3. The number of fused-ring (bicyclic) bond motifs is 4.